The summed E-state index contributed by atoms with van der Waals surface area (Å²) in [5, 5.41) is 0. The number of epoxide rings is 1. The largest absolute Gasteiger partial charge is 0.493 e. The first-order valence-electron chi connectivity index (χ1n) is 12.7. The molecule has 7 atom stereocenters. The molecule has 6 nitrogen and oxygen atoms in total. The van der Waals surface area contributed by atoms with E-state index in [1.54, 1.807) is 14.2 Å². The molecule has 3 heterocycles. The van der Waals surface area contributed by atoms with Crippen molar-refractivity contribution in [2.75, 3.05) is 33.9 Å². The summed E-state index contributed by atoms with van der Waals surface area (Å²) >= 11 is 0. The smallest absolute Gasteiger partial charge is 0.310 e. The van der Waals surface area contributed by atoms with E-state index in [0.717, 1.165) is 50.5 Å². The second-order valence-corrected chi connectivity index (χ2v) is 11.4. The second-order valence-electron chi connectivity index (χ2n) is 11.4. The minimum Gasteiger partial charge on any atom is -0.493 e. The fourth-order valence-corrected chi connectivity index (χ4v) is 7.86. The van der Waals surface area contributed by atoms with Crippen LogP contribution in [0.5, 0.6) is 11.5 Å². The number of ether oxygens (including phenoxy) is 4. The summed E-state index contributed by atoms with van der Waals surface area (Å²) in [4.78, 5) is 15.6. The maximum absolute atomic E-state index is 13.1. The average Bonchev–Trinajstić information content (AvgIpc) is 3.51. The van der Waals surface area contributed by atoms with Crippen LogP contribution < -0.4 is 9.47 Å². The van der Waals surface area contributed by atoms with Gasteiger partial charge in [-0.25, -0.2) is 0 Å². The first-order valence-corrected chi connectivity index (χ1v) is 12.7. The Morgan fingerprint density at radius 3 is 2.67 bits per heavy atom. The molecule has 3 aliphatic heterocycles. The molecule has 6 heteroatoms. The summed E-state index contributed by atoms with van der Waals surface area (Å²) in [7, 11) is 3.37. The molecule has 2 saturated heterocycles. The van der Waals surface area contributed by atoms with Crippen molar-refractivity contribution in [3.05, 3.63) is 23.3 Å². The summed E-state index contributed by atoms with van der Waals surface area (Å²) in [5.74, 6) is 2.41. The molecule has 0 amide bonds. The SMILES string of the molecule is COc1cc2c(cc1OC)C(C)N(CC1C(=O)OC3CC4(C)CCCC5(CO5)C4CC31)CC2. The van der Waals surface area contributed by atoms with Crippen LogP contribution in [-0.4, -0.2) is 56.5 Å². The molecule has 1 spiro atoms. The van der Waals surface area contributed by atoms with Crippen molar-refractivity contribution in [2.45, 2.75) is 70.1 Å². The predicted molar refractivity (Wildman–Crippen MR) is 123 cm³/mol. The Morgan fingerprint density at radius 2 is 1.94 bits per heavy atom. The van der Waals surface area contributed by atoms with Crippen molar-refractivity contribution in [1.82, 2.24) is 4.90 Å². The minimum atomic E-state index is -0.0404. The third-order valence-electron chi connectivity index (χ3n) is 9.82. The van der Waals surface area contributed by atoms with Crippen molar-refractivity contribution >= 4 is 5.97 Å². The highest BCUT2D eigenvalue weighted by Gasteiger charge is 2.65. The Labute approximate surface area is 196 Å². The van der Waals surface area contributed by atoms with Gasteiger partial charge in [0.15, 0.2) is 11.5 Å². The predicted octanol–water partition coefficient (Wildman–Crippen LogP) is 4.15. The molecule has 180 valence electrons. The Balaban J connectivity index is 1.22. The molecule has 2 saturated carbocycles. The van der Waals surface area contributed by atoms with E-state index in [1.807, 2.05) is 0 Å². The molecule has 5 aliphatic rings. The van der Waals surface area contributed by atoms with E-state index in [9.17, 15) is 4.79 Å². The van der Waals surface area contributed by atoms with E-state index in [-0.39, 0.29) is 35.0 Å². The van der Waals surface area contributed by atoms with E-state index in [0.29, 0.717) is 11.8 Å². The lowest BCUT2D eigenvalue weighted by Crippen LogP contribution is -2.51. The lowest BCUT2D eigenvalue weighted by Gasteiger charge is -2.51. The van der Waals surface area contributed by atoms with Crippen LogP contribution in [0.15, 0.2) is 12.1 Å². The van der Waals surface area contributed by atoms with E-state index < -0.39 is 0 Å². The summed E-state index contributed by atoms with van der Waals surface area (Å²) in [6, 6.07) is 4.45. The highest BCUT2D eigenvalue weighted by atomic mass is 16.6. The first-order chi connectivity index (χ1) is 15.9. The molecule has 1 aromatic carbocycles. The Hall–Kier alpha value is -1.79. The summed E-state index contributed by atoms with van der Waals surface area (Å²) in [6.45, 7) is 7.29. The van der Waals surface area contributed by atoms with Gasteiger partial charge in [-0.05, 0) is 80.0 Å². The van der Waals surface area contributed by atoms with Crippen LogP contribution in [-0.2, 0) is 20.7 Å². The highest BCUT2D eigenvalue weighted by Crippen LogP contribution is 2.63. The van der Waals surface area contributed by atoms with Crippen LogP contribution in [0.2, 0.25) is 0 Å². The molecule has 1 aromatic rings. The highest BCUT2D eigenvalue weighted by molar-refractivity contribution is 5.75. The number of nitrogens with zero attached hydrogens (tertiary/aromatic N) is 1. The number of hydrogen-bond donors (Lipinski definition) is 0. The average molecular weight is 456 g/mol. The third kappa shape index (κ3) is 3.31. The van der Waals surface area contributed by atoms with Gasteiger partial charge in [0.2, 0.25) is 0 Å². The molecule has 0 N–H and O–H groups in total. The fourth-order valence-electron chi connectivity index (χ4n) is 7.86. The van der Waals surface area contributed by atoms with Gasteiger partial charge in [0.25, 0.3) is 0 Å². The van der Waals surface area contributed by atoms with Gasteiger partial charge in [0, 0.05) is 25.0 Å². The molecule has 2 aliphatic carbocycles. The van der Waals surface area contributed by atoms with E-state index in [1.165, 1.54) is 30.4 Å². The summed E-state index contributed by atoms with van der Waals surface area (Å²) in [6.07, 6.45) is 6.77. The zero-order valence-electron chi connectivity index (χ0n) is 20.4. The maximum atomic E-state index is 13.1. The van der Waals surface area contributed by atoms with E-state index >= 15 is 0 Å². The minimum absolute atomic E-state index is 0.0170. The summed E-state index contributed by atoms with van der Waals surface area (Å²) < 4.78 is 23.2. The fraction of sp³-hybridized carbons (Fsp3) is 0.741. The Bertz CT molecular complexity index is 958. The Kier molecular flexibility index (Phi) is 5.01. The van der Waals surface area contributed by atoms with Gasteiger partial charge in [-0.3, -0.25) is 9.69 Å². The van der Waals surface area contributed by atoms with E-state index in [4.69, 9.17) is 18.9 Å². The zero-order chi connectivity index (χ0) is 23.0. The van der Waals surface area contributed by atoms with Crippen LogP contribution in [0.25, 0.3) is 0 Å². The van der Waals surface area contributed by atoms with Crippen molar-refractivity contribution in [3.63, 3.8) is 0 Å². The van der Waals surface area contributed by atoms with Gasteiger partial charge in [-0.15, -0.1) is 0 Å². The number of benzene rings is 1. The molecular formula is C27H37NO5. The van der Waals surface area contributed by atoms with Gasteiger partial charge in [-0.2, -0.15) is 0 Å². The normalized spacial score (nSPS) is 41.7. The van der Waals surface area contributed by atoms with E-state index in [2.05, 4.69) is 30.9 Å². The number of esters is 1. The van der Waals surface area contributed by atoms with Crippen LogP contribution >= 0.6 is 0 Å². The van der Waals surface area contributed by atoms with Crippen molar-refractivity contribution < 1.29 is 23.7 Å². The number of hydrogen-bond acceptors (Lipinski definition) is 6. The Morgan fingerprint density at radius 1 is 1.18 bits per heavy atom. The van der Waals surface area contributed by atoms with Crippen molar-refractivity contribution in [3.8, 4) is 11.5 Å². The van der Waals surface area contributed by atoms with Crippen LogP contribution in [0.3, 0.4) is 0 Å². The van der Waals surface area contributed by atoms with Gasteiger partial charge >= 0.3 is 5.97 Å². The summed E-state index contributed by atoms with van der Waals surface area (Å²) in [5.41, 5.74) is 2.93. The molecule has 0 aromatic heterocycles. The number of carbonyl (C=O) groups excluding carboxylic acids is 1. The molecule has 0 bridgehead atoms. The molecule has 33 heavy (non-hydrogen) atoms. The number of carbonyl (C=O) groups is 1. The van der Waals surface area contributed by atoms with Crippen LogP contribution in [0.1, 0.15) is 63.1 Å². The van der Waals surface area contributed by atoms with Gasteiger partial charge in [-0.1, -0.05) is 6.92 Å². The molecule has 4 fully saturated rings. The lowest BCUT2D eigenvalue weighted by molar-refractivity contribution is -0.147. The maximum Gasteiger partial charge on any atom is 0.310 e. The van der Waals surface area contributed by atoms with Crippen molar-refractivity contribution in [1.29, 1.82) is 0 Å². The number of rotatable bonds is 4. The molecule has 0 radical (unpaired) electrons. The number of methoxy groups -OCH3 is 2. The van der Waals surface area contributed by atoms with Gasteiger partial charge in [0.05, 0.1) is 32.3 Å². The standard InChI is InChI=1S/C27H37NO5/c1-16-18-11-22(31-4)21(30-3)10-17(18)6-9-28(16)14-20-19-12-24-26(2,13-23(19)33-25(20)29)7-5-8-27(24)15-32-27/h10-11,16,19-20,23-24H,5-9,12-15H2,1-4H3. The first kappa shape index (κ1) is 21.7. The third-order valence-corrected chi connectivity index (χ3v) is 9.82. The molecular weight excluding hydrogens is 418 g/mol. The quantitative estimate of drug-likeness (QED) is 0.502. The van der Waals surface area contributed by atoms with Crippen molar-refractivity contribution in [2.24, 2.45) is 23.2 Å². The zero-order valence-corrected chi connectivity index (χ0v) is 20.4. The van der Waals surface area contributed by atoms with Crippen LogP contribution in [0.4, 0.5) is 0 Å². The van der Waals surface area contributed by atoms with Gasteiger partial charge < -0.3 is 18.9 Å². The monoisotopic (exact) mass is 455 g/mol. The topological polar surface area (TPSA) is 60.5 Å². The molecule has 7 unspecified atom stereocenters. The van der Waals surface area contributed by atoms with Crippen LogP contribution in [0, 0.1) is 23.2 Å². The molecule has 6 rings (SSSR count). The second kappa shape index (κ2) is 7.61. The lowest BCUT2D eigenvalue weighted by atomic mass is 9.53. The number of fused-ring (bicyclic) bond motifs is 4. The van der Waals surface area contributed by atoms with Gasteiger partial charge in [0.1, 0.15) is 6.10 Å².